The number of Topliss-reactive ketones (excluding diaryl/α,β-unsaturated/α-hetero) is 1. The van der Waals surface area contributed by atoms with Gasteiger partial charge in [0.2, 0.25) is 0 Å². The second kappa shape index (κ2) is 9.93. The zero-order valence-electron chi connectivity index (χ0n) is 16.5. The van der Waals surface area contributed by atoms with Crippen molar-refractivity contribution in [2.24, 2.45) is 5.10 Å². The smallest absolute Gasteiger partial charge is 0.272 e. The number of hydrazone groups is 1. The first-order valence-electron chi connectivity index (χ1n) is 9.41. The molecule has 0 saturated carbocycles. The molecule has 3 aromatic carbocycles. The molecule has 6 heteroatoms. The van der Waals surface area contributed by atoms with Gasteiger partial charge in [0.25, 0.3) is 11.8 Å². The first-order valence-corrected chi connectivity index (χ1v) is 9.41. The van der Waals surface area contributed by atoms with Gasteiger partial charge in [0, 0.05) is 16.8 Å². The zero-order chi connectivity index (χ0) is 21.3. The van der Waals surface area contributed by atoms with E-state index in [1.807, 2.05) is 19.1 Å². The van der Waals surface area contributed by atoms with E-state index in [1.54, 1.807) is 72.8 Å². The van der Waals surface area contributed by atoms with Gasteiger partial charge >= 0.3 is 0 Å². The van der Waals surface area contributed by atoms with Gasteiger partial charge in [-0.3, -0.25) is 14.4 Å². The third-order valence-electron chi connectivity index (χ3n) is 4.32. The number of hydrogen-bond donors (Lipinski definition) is 2. The zero-order valence-corrected chi connectivity index (χ0v) is 16.5. The largest absolute Gasteiger partial charge is 0.321 e. The van der Waals surface area contributed by atoms with E-state index in [4.69, 9.17) is 0 Å². The molecule has 2 N–H and O–H groups in total. The fourth-order valence-electron chi connectivity index (χ4n) is 2.66. The Morgan fingerprint density at radius 2 is 1.33 bits per heavy atom. The van der Waals surface area contributed by atoms with Crippen molar-refractivity contribution in [3.05, 3.63) is 102 Å². The second-order valence-corrected chi connectivity index (χ2v) is 6.65. The van der Waals surface area contributed by atoms with Gasteiger partial charge in [-0.15, -0.1) is 0 Å². The van der Waals surface area contributed by atoms with Crippen molar-refractivity contribution in [1.82, 2.24) is 5.43 Å². The quantitative estimate of drug-likeness (QED) is 0.358. The van der Waals surface area contributed by atoms with Crippen LogP contribution in [0, 0.1) is 6.92 Å². The molecule has 0 aliphatic heterocycles. The number of nitrogens with one attached hydrogen (secondary N) is 2. The highest BCUT2D eigenvalue weighted by Crippen LogP contribution is 2.10. The van der Waals surface area contributed by atoms with Crippen LogP contribution in [0.3, 0.4) is 0 Å². The standard InChI is InChI=1S/C24H21N3O3/c1-17-12-14-20(15-13-17)25-24(30)21(16-22(28)18-8-4-2-5-9-18)26-27-23(29)19-10-6-3-7-11-19/h2-15H,16H2,1H3,(H,25,30)(H,27,29). The molecule has 0 spiro atoms. The average Bonchev–Trinajstić information content (AvgIpc) is 2.79. The van der Waals surface area contributed by atoms with Crippen LogP contribution in [0.25, 0.3) is 0 Å². The van der Waals surface area contributed by atoms with E-state index in [-0.39, 0.29) is 17.9 Å². The van der Waals surface area contributed by atoms with Crippen LogP contribution in [0.4, 0.5) is 5.69 Å². The molecule has 0 radical (unpaired) electrons. The van der Waals surface area contributed by atoms with Crippen LogP contribution in [0.5, 0.6) is 0 Å². The summed E-state index contributed by atoms with van der Waals surface area (Å²) in [7, 11) is 0. The summed E-state index contributed by atoms with van der Waals surface area (Å²) in [5, 5.41) is 6.68. The second-order valence-electron chi connectivity index (χ2n) is 6.65. The molecule has 6 nitrogen and oxygen atoms in total. The molecule has 3 rings (SSSR count). The Labute approximate surface area is 174 Å². The fraction of sp³-hybridized carbons (Fsp3) is 0.0833. The van der Waals surface area contributed by atoms with E-state index in [0.29, 0.717) is 16.8 Å². The van der Waals surface area contributed by atoms with Crippen molar-refractivity contribution in [2.45, 2.75) is 13.3 Å². The predicted molar refractivity (Wildman–Crippen MR) is 117 cm³/mol. The molecule has 0 aromatic heterocycles. The molecule has 2 amide bonds. The maximum absolute atomic E-state index is 12.8. The number of nitrogens with zero attached hydrogens (tertiary/aromatic N) is 1. The van der Waals surface area contributed by atoms with Gasteiger partial charge in [-0.2, -0.15) is 5.10 Å². The van der Waals surface area contributed by atoms with E-state index in [9.17, 15) is 14.4 Å². The molecule has 150 valence electrons. The van der Waals surface area contributed by atoms with Crippen LogP contribution < -0.4 is 10.7 Å². The molecule has 0 unspecified atom stereocenters. The third kappa shape index (κ3) is 5.72. The summed E-state index contributed by atoms with van der Waals surface area (Å²) >= 11 is 0. The lowest BCUT2D eigenvalue weighted by Crippen LogP contribution is -2.29. The van der Waals surface area contributed by atoms with Crippen molar-refractivity contribution < 1.29 is 14.4 Å². The lowest BCUT2D eigenvalue weighted by atomic mass is 10.1. The average molecular weight is 399 g/mol. The SMILES string of the molecule is Cc1ccc(NC(=O)C(CC(=O)c2ccccc2)=NNC(=O)c2ccccc2)cc1. The highest BCUT2D eigenvalue weighted by Gasteiger charge is 2.18. The number of aryl methyl sites for hydroxylation is 1. The van der Waals surface area contributed by atoms with Crippen molar-refractivity contribution in [3.63, 3.8) is 0 Å². The Bertz CT molecular complexity index is 1060. The van der Waals surface area contributed by atoms with E-state index in [1.165, 1.54) is 0 Å². The number of ketones is 1. The summed E-state index contributed by atoms with van der Waals surface area (Å²) in [5.41, 5.74) is 4.76. The maximum atomic E-state index is 12.8. The van der Waals surface area contributed by atoms with Crippen LogP contribution in [0.2, 0.25) is 0 Å². The molecule has 0 saturated heterocycles. The Hall–Kier alpha value is -4.06. The van der Waals surface area contributed by atoms with Crippen LogP contribution in [-0.2, 0) is 4.79 Å². The monoisotopic (exact) mass is 399 g/mol. The number of rotatable bonds is 7. The fourth-order valence-corrected chi connectivity index (χ4v) is 2.66. The maximum Gasteiger partial charge on any atom is 0.272 e. The van der Waals surface area contributed by atoms with Gasteiger partial charge in [-0.1, -0.05) is 66.2 Å². The molecule has 0 bridgehead atoms. The van der Waals surface area contributed by atoms with Gasteiger partial charge < -0.3 is 5.32 Å². The summed E-state index contributed by atoms with van der Waals surface area (Å²) in [6.07, 6.45) is -0.253. The Balaban J connectivity index is 1.79. The first kappa shape index (κ1) is 20.7. The van der Waals surface area contributed by atoms with Crippen LogP contribution >= 0.6 is 0 Å². The van der Waals surface area contributed by atoms with Crippen molar-refractivity contribution in [3.8, 4) is 0 Å². The summed E-state index contributed by atoms with van der Waals surface area (Å²) in [6.45, 7) is 1.94. The number of amides is 2. The summed E-state index contributed by atoms with van der Waals surface area (Å²) in [4.78, 5) is 37.7. The molecule has 30 heavy (non-hydrogen) atoms. The number of hydrogen-bond acceptors (Lipinski definition) is 4. The number of anilines is 1. The number of carbonyl (C=O) groups is 3. The van der Waals surface area contributed by atoms with Gasteiger partial charge in [-0.25, -0.2) is 5.43 Å². The first-order chi connectivity index (χ1) is 14.5. The van der Waals surface area contributed by atoms with Crippen molar-refractivity contribution in [2.75, 3.05) is 5.32 Å². The van der Waals surface area contributed by atoms with Crippen LogP contribution in [0.15, 0.2) is 90.0 Å². The van der Waals surface area contributed by atoms with Crippen molar-refractivity contribution in [1.29, 1.82) is 0 Å². The molecule has 3 aromatic rings. The molecular weight excluding hydrogens is 378 g/mol. The minimum Gasteiger partial charge on any atom is -0.321 e. The minimum atomic E-state index is -0.559. The Morgan fingerprint density at radius 3 is 1.93 bits per heavy atom. The van der Waals surface area contributed by atoms with E-state index < -0.39 is 11.8 Å². The van der Waals surface area contributed by atoms with Gasteiger partial charge in [0.05, 0.1) is 6.42 Å². The summed E-state index contributed by atoms with van der Waals surface area (Å²) < 4.78 is 0. The highest BCUT2D eigenvalue weighted by atomic mass is 16.2. The van der Waals surface area contributed by atoms with E-state index >= 15 is 0 Å². The predicted octanol–water partition coefficient (Wildman–Crippen LogP) is 3.99. The number of benzene rings is 3. The van der Waals surface area contributed by atoms with E-state index in [0.717, 1.165) is 5.56 Å². The summed E-state index contributed by atoms with van der Waals surface area (Å²) in [5.74, 6) is -1.30. The molecular formula is C24H21N3O3. The van der Waals surface area contributed by atoms with E-state index in [2.05, 4.69) is 15.8 Å². The Morgan fingerprint density at radius 1 is 0.767 bits per heavy atom. The highest BCUT2D eigenvalue weighted by molar-refractivity contribution is 6.46. The molecule has 0 aliphatic rings. The lowest BCUT2D eigenvalue weighted by Gasteiger charge is -2.09. The van der Waals surface area contributed by atoms with Gasteiger partial charge in [-0.05, 0) is 31.2 Å². The van der Waals surface area contributed by atoms with Crippen LogP contribution in [0.1, 0.15) is 32.7 Å². The summed E-state index contributed by atoms with van der Waals surface area (Å²) in [6, 6.07) is 24.4. The molecule has 0 heterocycles. The topological polar surface area (TPSA) is 87.6 Å². The van der Waals surface area contributed by atoms with Crippen molar-refractivity contribution >= 4 is 29.0 Å². The number of carbonyl (C=O) groups excluding carboxylic acids is 3. The van der Waals surface area contributed by atoms with Gasteiger partial charge in [0.15, 0.2) is 5.78 Å². The molecule has 0 aliphatic carbocycles. The minimum absolute atomic E-state index is 0.0892. The Kier molecular flexibility index (Phi) is 6.84. The lowest BCUT2D eigenvalue weighted by molar-refractivity contribution is -0.110. The molecule has 0 fully saturated rings. The van der Waals surface area contributed by atoms with Crippen LogP contribution in [-0.4, -0.2) is 23.3 Å². The third-order valence-corrected chi connectivity index (χ3v) is 4.32. The molecule has 0 atom stereocenters. The van der Waals surface area contributed by atoms with Gasteiger partial charge in [0.1, 0.15) is 5.71 Å². The normalized spacial score (nSPS) is 10.9.